The molecule has 19 heavy (non-hydrogen) atoms. The molecule has 0 aliphatic carbocycles. The molecule has 0 saturated heterocycles. The molecule has 0 aliphatic heterocycles. The van der Waals surface area contributed by atoms with Crippen LogP contribution in [0, 0.1) is 0 Å². The van der Waals surface area contributed by atoms with Crippen molar-refractivity contribution >= 4 is 15.7 Å². The van der Waals surface area contributed by atoms with Gasteiger partial charge in [-0.1, -0.05) is 12.2 Å². The first-order chi connectivity index (χ1) is 8.95. The first kappa shape index (κ1) is 15.7. The van der Waals surface area contributed by atoms with Gasteiger partial charge in [0, 0.05) is 19.3 Å². The zero-order valence-corrected chi connectivity index (χ0v) is 12.1. The van der Waals surface area contributed by atoms with Gasteiger partial charge in [0.2, 0.25) is 10.0 Å². The van der Waals surface area contributed by atoms with E-state index in [0.717, 1.165) is 11.3 Å². The largest absolute Gasteiger partial charge is 0.388 e. The molecule has 2 N–H and O–H groups in total. The van der Waals surface area contributed by atoms with Gasteiger partial charge in [-0.2, -0.15) is 0 Å². The quantitative estimate of drug-likeness (QED) is 0.562. The maximum atomic E-state index is 11.9. The van der Waals surface area contributed by atoms with Gasteiger partial charge in [-0.15, -0.1) is 0 Å². The van der Waals surface area contributed by atoms with Crippen molar-refractivity contribution in [1.82, 2.24) is 4.72 Å². The number of nitrogens with one attached hydrogen (secondary N) is 2. The average Bonchev–Trinajstić information content (AvgIpc) is 2.38. The molecule has 0 radical (unpaired) electrons. The number of hydrogen-bond acceptors (Lipinski definition) is 4. The SMILES string of the molecule is C=C(C)COCCNS(=O)(=O)c1ccc(NC)cc1. The Morgan fingerprint density at radius 1 is 1.32 bits per heavy atom. The molecule has 1 aromatic rings. The molecule has 0 atom stereocenters. The molecule has 1 aromatic carbocycles. The molecule has 6 heteroatoms. The minimum absolute atomic E-state index is 0.239. The van der Waals surface area contributed by atoms with Gasteiger partial charge < -0.3 is 10.1 Å². The summed E-state index contributed by atoms with van der Waals surface area (Å²) in [5.41, 5.74) is 1.77. The summed E-state index contributed by atoms with van der Waals surface area (Å²) in [6, 6.07) is 6.55. The Kier molecular flexibility index (Phi) is 6.01. The number of hydrogen-bond donors (Lipinski definition) is 2. The van der Waals surface area contributed by atoms with Crippen LogP contribution < -0.4 is 10.0 Å². The lowest BCUT2D eigenvalue weighted by molar-refractivity contribution is 0.162. The third-order valence-corrected chi connectivity index (χ3v) is 3.82. The van der Waals surface area contributed by atoms with Crippen LogP contribution in [0.4, 0.5) is 5.69 Å². The topological polar surface area (TPSA) is 67.4 Å². The summed E-state index contributed by atoms with van der Waals surface area (Å²) in [7, 11) is -1.69. The molecule has 0 fully saturated rings. The van der Waals surface area contributed by atoms with Crippen LogP contribution >= 0.6 is 0 Å². The fraction of sp³-hybridized carbons (Fsp3) is 0.385. The highest BCUT2D eigenvalue weighted by atomic mass is 32.2. The van der Waals surface area contributed by atoms with Crippen LogP contribution in [-0.4, -0.2) is 35.2 Å². The van der Waals surface area contributed by atoms with Gasteiger partial charge in [0.15, 0.2) is 0 Å². The van der Waals surface area contributed by atoms with Crippen LogP contribution in [0.2, 0.25) is 0 Å². The molecule has 0 bridgehead atoms. The smallest absolute Gasteiger partial charge is 0.240 e. The van der Waals surface area contributed by atoms with E-state index in [1.165, 1.54) is 0 Å². The minimum atomic E-state index is -3.47. The zero-order chi connectivity index (χ0) is 14.3. The van der Waals surface area contributed by atoms with Crippen molar-refractivity contribution in [3.63, 3.8) is 0 Å². The molecule has 1 rings (SSSR count). The van der Waals surface area contributed by atoms with E-state index < -0.39 is 10.0 Å². The number of rotatable bonds is 8. The third-order valence-electron chi connectivity index (χ3n) is 2.34. The zero-order valence-electron chi connectivity index (χ0n) is 11.3. The number of benzene rings is 1. The highest BCUT2D eigenvalue weighted by Gasteiger charge is 2.12. The maximum absolute atomic E-state index is 11.9. The first-order valence-corrected chi connectivity index (χ1v) is 7.43. The molecule has 0 amide bonds. The van der Waals surface area contributed by atoms with E-state index in [0.29, 0.717) is 13.2 Å². The average molecular weight is 284 g/mol. The molecule has 0 aromatic heterocycles. The Balaban J connectivity index is 2.48. The van der Waals surface area contributed by atoms with Crippen LogP contribution in [0.15, 0.2) is 41.3 Å². The molecule has 0 aliphatic rings. The second-order valence-electron chi connectivity index (χ2n) is 4.18. The van der Waals surface area contributed by atoms with Gasteiger partial charge in [-0.25, -0.2) is 13.1 Å². The van der Waals surface area contributed by atoms with Gasteiger partial charge in [0.1, 0.15) is 0 Å². The predicted octanol–water partition coefficient (Wildman–Crippen LogP) is 1.60. The van der Waals surface area contributed by atoms with Crippen LogP contribution in [0.25, 0.3) is 0 Å². The van der Waals surface area contributed by atoms with E-state index in [2.05, 4.69) is 16.6 Å². The van der Waals surface area contributed by atoms with Crippen molar-refractivity contribution < 1.29 is 13.2 Å². The summed E-state index contributed by atoms with van der Waals surface area (Å²) >= 11 is 0. The van der Waals surface area contributed by atoms with E-state index in [1.807, 2.05) is 6.92 Å². The fourth-order valence-electron chi connectivity index (χ4n) is 1.38. The Labute approximate surface area is 114 Å². The summed E-state index contributed by atoms with van der Waals surface area (Å²) in [6.07, 6.45) is 0. The lowest BCUT2D eigenvalue weighted by atomic mass is 10.3. The maximum Gasteiger partial charge on any atom is 0.240 e. The van der Waals surface area contributed by atoms with Gasteiger partial charge in [-0.05, 0) is 31.2 Å². The third kappa shape index (κ3) is 5.42. The first-order valence-electron chi connectivity index (χ1n) is 5.95. The molecule has 0 heterocycles. The molecule has 5 nitrogen and oxygen atoms in total. The van der Waals surface area contributed by atoms with Gasteiger partial charge in [0.25, 0.3) is 0 Å². The molecule has 0 saturated carbocycles. The van der Waals surface area contributed by atoms with Gasteiger partial charge in [-0.3, -0.25) is 0 Å². The summed E-state index contributed by atoms with van der Waals surface area (Å²) < 4.78 is 31.6. The second-order valence-corrected chi connectivity index (χ2v) is 5.95. The number of ether oxygens (including phenoxy) is 1. The van der Waals surface area contributed by atoms with E-state index >= 15 is 0 Å². The Morgan fingerprint density at radius 2 is 1.95 bits per heavy atom. The highest BCUT2D eigenvalue weighted by Crippen LogP contribution is 2.12. The highest BCUT2D eigenvalue weighted by molar-refractivity contribution is 7.89. The monoisotopic (exact) mass is 284 g/mol. The van der Waals surface area contributed by atoms with Crippen molar-refractivity contribution in [2.75, 3.05) is 32.1 Å². The van der Waals surface area contributed by atoms with Gasteiger partial charge in [0.05, 0.1) is 18.1 Å². The lowest BCUT2D eigenvalue weighted by Crippen LogP contribution is -2.27. The standard InChI is InChI=1S/C13H20N2O3S/c1-11(2)10-18-9-8-15-19(16,17)13-6-4-12(14-3)5-7-13/h4-7,14-15H,1,8-10H2,2-3H3. The summed E-state index contributed by atoms with van der Waals surface area (Å²) in [5, 5.41) is 2.93. The minimum Gasteiger partial charge on any atom is -0.388 e. The Morgan fingerprint density at radius 3 is 2.47 bits per heavy atom. The lowest BCUT2D eigenvalue weighted by Gasteiger charge is -2.08. The number of anilines is 1. The van der Waals surface area contributed by atoms with Crippen LogP contribution in [0.3, 0.4) is 0 Å². The summed E-state index contributed by atoms with van der Waals surface area (Å²) in [6.45, 7) is 6.55. The van der Waals surface area contributed by atoms with Crippen LogP contribution in [0.5, 0.6) is 0 Å². The normalized spacial score (nSPS) is 11.3. The Bertz CT molecular complexity index is 509. The van der Waals surface area contributed by atoms with E-state index in [1.54, 1.807) is 31.3 Å². The molecule has 0 unspecified atom stereocenters. The van der Waals surface area contributed by atoms with E-state index in [-0.39, 0.29) is 11.4 Å². The molecular formula is C13H20N2O3S. The van der Waals surface area contributed by atoms with Crippen LogP contribution in [0.1, 0.15) is 6.92 Å². The number of sulfonamides is 1. The summed E-state index contributed by atoms with van der Waals surface area (Å²) in [5.74, 6) is 0. The second kappa shape index (κ2) is 7.28. The van der Waals surface area contributed by atoms with Gasteiger partial charge >= 0.3 is 0 Å². The molecule has 0 spiro atoms. The van der Waals surface area contributed by atoms with Crippen molar-refractivity contribution in [2.45, 2.75) is 11.8 Å². The van der Waals surface area contributed by atoms with Crippen molar-refractivity contribution in [2.24, 2.45) is 0 Å². The fourth-order valence-corrected chi connectivity index (χ4v) is 2.39. The van der Waals surface area contributed by atoms with Crippen molar-refractivity contribution in [1.29, 1.82) is 0 Å². The van der Waals surface area contributed by atoms with E-state index in [4.69, 9.17) is 4.74 Å². The predicted molar refractivity (Wildman–Crippen MR) is 76.8 cm³/mol. The molecule has 106 valence electrons. The van der Waals surface area contributed by atoms with E-state index in [9.17, 15) is 8.42 Å². The summed E-state index contributed by atoms with van der Waals surface area (Å²) in [4.78, 5) is 0.242. The van der Waals surface area contributed by atoms with Crippen LogP contribution in [-0.2, 0) is 14.8 Å². The Hall–Kier alpha value is -1.37. The molecular weight excluding hydrogens is 264 g/mol. The van der Waals surface area contributed by atoms with Crippen molar-refractivity contribution in [3.05, 3.63) is 36.4 Å². The van der Waals surface area contributed by atoms with Crippen molar-refractivity contribution in [3.8, 4) is 0 Å².